The van der Waals surface area contributed by atoms with Crippen molar-refractivity contribution in [2.75, 3.05) is 0 Å². The molecule has 1 atom stereocenters. The van der Waals surface area contributed by atoms with Gasteiger partial charge in [0.1, 0.15) is 0 Å². The predicted octanol–water partition coefficient (Wildman–Crippen LogP) is 4.91. The monoisotopic (exact) mass is 288 g/mol. The molecule has 1 nitrogen and oxygen atoms in total. The summed E-state index contributed by atoms with van der Waals surface area (Å²) in [6, 6.07) is 9.31. The molecule has 1 unspecified atom stereocenters. The molecule has 0 amide bonds. The molecule has 0 N–H and O–H groups in total. The van der Waals surface area contributed by atoms with E-state index in [1.807, 2.05) is 31.2 Å². The van der Waals surface area contributed by atoms with Crippen molar-refractivity contribution in [1.29, 1.82) is 0 Å². The van der Waals surface area contributed by atoms with Gasteiger partial charge in [-0.15, -0.1) is 0 Å². The number of rotatable bonds is 2. The molecule has 0 spiro atoms. The number of hydrogen-bond acceptors (Lipinski definition) is 1. The van der Waals surface area contributed by atoms with Crippen molar-refractivity contribution in [2.45, 2.75) is 39.2 Å². The Balaban J connectivity index is 2.08. The minimum absolute atomic E-state index is 0.0684. The van der Waals surface area contributed by atoms with E-state index in [-0.39, 0.29) is 11.9 Å². The first-order valence-corrected chi connectivity index (χ1v) is 7.37. The van der Waals surface area contributed by atoms with Crippen LogP contribution < -0.4 is 4.74 Å². The molecule has 3 heteroatoms. The normalized spacial score (nSPS) is 17.2. The topological polar surface area (TPSA) is 9.23 Å². The van der Waals surface area contributed by atoms with E-state index in [2.05, 4.69) is 6.92 Å². The lowest BCUT2D eigenvalue weighted by molar-refractivity contribution is 0.180. The largest absolute Gasteiger partial charge is 0.487 e. The Morgan fingerprint density at radius 1 is 1.14 bits per heavy atom. The van der Waals surface area contributed by atoms with Crippen molar-refractivity contribution in [2.24, 2.45) is 0 Å². The van der Waals surface area contributed by atoms with Gasteiger partial charge in [-0.25, -0.2) is 4.39 Å². The van der Waals surface area contributed by atoms with E-state index in [1.165, 1.54) is 5.56 Å². The van der Waals surface area contributed by atoms with Crippen LogP contribution >= 0.6 is 0 Å². The highest BCUT2D eigenvalue weighted by atomic mass is 19.2. The second-order valence-corrected chi connectivity index (χ2v) is 5.56. The van der Waals surface area contributed by atoms with Gasteiger partial charge in [0.05, 0.1) is 6.10 Å². The Labute approximate surface area is 123 Å². The third-order valence-electron chi connectivity index (χ3n) is 4.05. The fourth-order valence-electron chi connectivity index (χ4n) is 2.72. The van der Waals surface area contributed by atoms with E-state index in [0.717, 1.165) is 18.4 Å². The summed E-state index contributed by atoms with van der Waals surface area (Å²) in [4.78, 5) is 0. The van der Waals surface area contributed by atoms with Gasteiger partial charge in [0.2, 0.25) is 5.82 Å². The average molecular weight is 288 g/mol. The molecule has 0 saturated heterocycles. The van der Waals surface area contributed by atoms with Gasteiger partial charge in [-0.2, -0.15) is 4.39 Å². The molecule has 21 heavy (non-hydrogen) atoms. The van der Waals surface area contributed by atoms with Crippen molar-refractivity contribution in [1.82, 2.24) is 0 Å². The Morgan fingerprint density at radius 3 is 2.52 bits per heavy atom. The standard InChI is InChI=1S/C18H18F2O/c1-3-12-5-8-13(9-6-12)15-10-14-7-4-11(2)21-18(14)17(20)16(15)19/h5-6,8-11H,3-4,7H2,1-2H3. The van der Waals surface area contributed by atoms with Gasteiger partial charge in [-0.1, -0.05) is 31.2 Å². The molecule has 0 bridgehead atoms. The first-order chi connectivity index (χ1) is 10.1. The van der Waals surface area contributed by atoms with Gasteiger partial charge in [0, 0.05) is 5.56 Å². The summed E-state index contributed by atoms with van der Waals surface area (Å²) in [6.45, 7) is 3.93. The molecule has 0 aromatic heterocycles. The summed E-state index contributed by atoms with van der Waals surface area (Å²) in [5, 5.41) is 0. The van der Waals surface area contributed by atoms with Crippen LogP contribution in [0.1, 0.15) is 31.4 Å². The molecular formula is C18H18F2O. The molecule has 2 aromatic carbocycles. The SMILES string of the molecule is CCc1ccc(-c2cc3c(c(F)c2F)OC(C)CC3)cc1. The number of ether oxygens (including phenoxy) is 1. The van der Waals surface area contributed by atoms with Crippen LogP contribution in [0.3, 0.4) is 0 Å². The van der Waals surface area contributed by atoms with Crippen LogP contribution in [0.5, 0.6) is 5.75 Å². The summed E-state index contributed by atoms with van der Waals surface area (Å²) in [6.07, 6.45) is 2.40. The predicted molar refractivity (Wildman–Crippen MR) is 79.6 cm³/mol. The summed E-state index contributed by atoms with van der Waals surface area (Å²) >= 11 is 0. The van der Waals surface area contributed by atoms with E-state index in [9.17, 15) is 8.78 Å². The Morgan fingerprint density at radius 2 is 1.86 bits per heavy atom. The van der Waals surface area contributed by atoms with Crippen LogP contribution in [0.2, 0.25) is 0 Å². The van der Waals surface area contributed by atoms with Crippen molar-refractivity contribution in [3.63, 3.8) is 0 Å². The highest BCUT2D eigenvalue weighted by Crippen LogP contribution is 2.37. The van der Waals surface area contributed by atoms with E-state index in [4.69, 9.17) is 4.74 Å². The Kier molecular flexibility index (Phi) is 3.66. The van der Waals surface area contributed by atoms with E-state index >= 15 is 0 Å². The summed E-state index contributed by atoms with van der Waals surface area (Å²) < 4.78 is 34.0. The van der Waals surface area contributed by atoms with Crippen LogP contribution in [0.15, 0.2) is 30.3 Å². The fraction of sp³-hybridized carbons (Fsp3) is 0.333. The molecule has 1 heterocycles. The van der Waals surface area contributed by atoms with Gasteiger partial charge in [-0.05, 0) is 48.9 Å². The van der Waals surface area contributed by atoms with Gasteiger partial charge < -0.3 is 4.74 Å². The molecule has 110 valence electrons. The number of fused-ring (bicyclic) bond motifs is 1. The number of aryl methyl sites for hydroxylation is 2. The quantitative estimate of drug-likeness (QED) is 0.763. The smallest absolute Gasteiger partial charge is 0.201 e. The summed E-state index contributed by atoms with van der Waals surface area (Å²) in [5.41, 5.74) is 2.94. The second kappa shape index (κ2) is 5.47. The van der Waals surface area contributed by atoms with Crippen LogP contribution in [-0.4, -0.2) is 6.10 Å². The van der Waals surface area contributed by atoms with Gasteiger partial charge in [0.15, 0.2) is 11.6 Å². The molecule has 0 fully saturated rings. The zero-order valence-corrected chi connectivity index (χ0v) is 12.2. The molecule has 0 radical (unpaired) electrons. The van der Waals surface area contributed by atoms with Crippen LogP contribution in [0.25, 0.3) is 11.1 Å². The maximum atomic E-state index is 14.3. The number of benzene rings is 2. The van der Waals surface area contributed by atoms with Crippen molar-refractivity contribution >= 4 is 0 Å². The van der Waals surface area contributed by atoms with E-state index in [1.54, 1.807) is 6.07 Å². The zero-order valence-electron chi connectivity index (χ0n) is 12.2. The first-order valence-electron chi connectivity index (χ1n) is 7.37. The van der Waals surface area contributed by atoms with Crippen molar-refractivity contribution in [3.8, 4) is 16.9 Å². The maximum Gasteiger partial charge on any atom is 0.201 e. The molecule has 1 aliphatic heterocycles. The minimum atomic E-state index is -0.867. The molecular weight excluding hydrogens is 270 g/mol. The van der Waals surface area contributed by atoms with Crippen LogP contribution in [0.4, 0.5) is 8.78 Å². The third-order valence-corrected chi connectivity index (χ3v) is 4.05. The van der Waals surface area contributed by atoms with E-state index < -0.39 is 11.6 Å². The van der Waals surface area contributed by atoms with E-state index in [0.29, 0.717) is 17.5 Å². The van der Waals surface area contributed by atoms with Gasteiger partial charge >= 0.3 is 0 Å². The lowest BCUT2D eigenvalue weighted by Gasteiger charge is -2.24. The Hall–Kier alpha value is -1.90. The zero-order chi connectivity index (χ0) is 15.0. The average Bonchev–Trinajstić information content (AvgIpc) is 2.51. The third kappa shape index (κ3) is 2.53. The summed E-state index contributed by atoms with van der Waals surface area (Å²) in [5.74, 6) is -1.61. The van der Waals surface area contributed by atoms with Crippen molar-refractivity contribution in [3.05, 3.63) is 53.1 Å². The van der Waals surface area contributed by atoms with Crippen molar-refractivity contribution < 1.29 is 13.5 Å². The molecule has 0 aliphatic carbocycles. The minimum Gasteiger partial charge on any atom is -0.487 e. The highest BCUT2D eigenvalue weighted by Gasteiger charge is 2.25. The maximum absolute atomic E-state index is 14.3. The molecule has 0 saturated carbocycles. The Bertz CT molecular complexity index is 662. The summed E-state index contributed by atoms with van der Waals surface area (Å²) in [7, 11) is 0. The highest BCUT2D eigenvalue weighted by molar-refractivity contribution is 5.67. The molecule has 2 aromatic rings. The fourth-order valence-corrected chi connectivity index (χ4v) is 2.72. The second-order valence-electron chi connectivity index (χ2n) is 5.56. The number of halogens is 2. The lowest BCUT2D eigenvalue weighted by Crippen LogP contribution is -2.20. The van der Waals surface area contributed by atoms with Crippen LogP contribution in [-0.2, 0) is 12.8 Å². The lowest BCUT2D eigenvalue weighted by atomic mass is 9.95. The first kappa shape index (κ1) is 14.1. The molecule has 1 aliphatic rings. The number of hydrogen-bond donors (Lipinski definition) is 0. The van der Waals surface area contributed by atoms with Gasteiger partial charge in [0.25, 0.3) is 0 Å². The van der Waals surface area contributed by atoms with Crippen LogP contribution in [0, 0.1) is 11.6 Å². The van der Waals surface area contributed by atoms with Gasteiger partial charge in [-0.3, -0.25) is 0 Å². The molecule has 3 rings (SSSR count).